The lowest BCUT2D eigenvalue weighted by molar-refractivity contribution is -0.149. The van der Waals surface area contributed by atoms with Crippen molar-refractivity contribution < 1.29 is 28.5 Å². The number of fused-ring (bicyclic) bond motifs is 2. The molecule has 1 N–H and O–H groups in total. The Kier molecular flexibility index (Phi) is 6.65. The van der Waals surface area contributed by atoms with Crippen LogP contribution in [0.4, 0.5) is 0 Å². The number of amides is 1. The van der Waals surface area contributed by atoms with E-state index in [0.717, 1.165) is 17.9 Å². The van der Waals surface area contributed by atoms with Gasteiger partial charge in [0.05, 0.1) is 21.3 Å². The predicted octanol–water partition coefficient (Wildman–Crippen LogP) is 2.70. The van der Waals surface area contributed by atoms with Gasteiger partial charge >= 0.3 is 5.97 Å². The molecule has 0 heterocycles. The van der Waals surface area contributed by atoms with Crippen molar-refractivity contribution in [3.63, 3.8) is 0 Å². The normalized spacial score (nSPS) is 22.6. The quantitative estimate of drug-likeness (QED) is 0.652. The Morgan fingerprint density at radius 3 is 2.32 bits per heavy atom. The fourth-order valence-electron chi connectivity index (χ4n) is 4.52. The van der Waals surface area contributed by atoms with Crippen LogP contribution in [-0.2, 0) is 20.9 Å². The molecule has 2 bridgehead atoms. The van der Waals surface area contributed by atoms with Gasteiger partial charge in [0.25, 0.3) is 5.91 Å². The summed E-state index contributed by atoms with van der Waals surface area (Å²) < 4.78 is 21.0. The Bertz CT molecular complexity index is 719. The molecule has 0 aromatic heterocycles. The van der Waals surface area contributed by atoms with Gasteiger partial charge in [0.15, 0.2) is 18.1 Å². The fraction of sp³-hybridized carbons (Fsp3) is 0.619. The Morgan fingerprint density at radius 1 is 1.00 bits per heavy atom. The van der Waals surface area contributed by atoms with Gasteiger partial charge in [-0.15, -0.1) is 0 Å². The average Bonchev–Trinajstić information content (AvgIpc) is 3.33. The average molecular weight is 391 g/mol. The molecule has 0 saturated heterocycles. The van der Waals surface area contributed by atoms with Crippen molar-refractivity contribution in [3.05, 3.63) is 17.7 Å². The van der Waals surface area contributed by atoms with Gasteiger partial charge in [-0.3, -0.25) is 9.59 Å². The third-order valence-electron chi connectivity index (χ3n) is 5.94. The van der Waals surface area contributed by atoms with Crippen LogP contribution in [0, 0.1) is 17.8 Å². The topological polar surface area (TPSA) is 83.1 Å². The number of ether oxygens (including phenoxy) is 4. The Morgan fingerprint density at radius 2 is 1.71 bits per heavy atom. The van der Waals surface area contributed by atoms with E-state index in [2.05, 4.69) is 5.32 Å². The van der Waals surface area contributed by atoms with E-state index in [1.807, 2.05) is 0 Å². The smallest absolute Gasteiger partial charge is 0.306 e. The number of methoxy groups -OCH3 is 3. The van der Waals surface area contributed by atoms with Gasteiger partial charge in [-0.1, -0.05) is 6.42 Å². The molecule has 154 valence electrons. The minimum absolute atomic E-state index is 0.228. The van der Waals surface area contributed by atoms with Gasteiger partial charge in [-0.2, -0.15) is 0 Å². The van der Waals surface area contributed by atoms with E-state index in [9.17, 15) is 9.59 Å². The van der Waals surface area contributed by atoms with Crippen LogP contribution in [0.2, 0.25) is 0 Å². The third kappa shape index (κ3) is 4.69. The maximum Gasteiger partial charge on any atom is 0.306 e. The summed E-state index contributed by atoms with van der Waals surface area (Å²) in [6, 6.07) is 3.45. The van der Waals surface area contributed by atoms with Crippen molar-refractivity contribution in [3.8, 4) is 17.2 Å². The SMILES string of the molecule is COc1cc(OC)c(OC)cc1CNC(=O)COC(=O)C[C@H]1C[C@@H]2CC[C@@H]1C2. The van der Waals surface area contributed by atoms with E-state index in [-0.39, 0.29) is 25.0 Å². The first-order valence-electron chi connectivity index (χ1n) is 9.75. The first-order valence-corrected chi connectivity index (χ1v) is 9.75. The number of nitrogens with one attached hydrogen (secondary N) is 1. The maximum atomic E-state index is 12.1. The number of rotatable bonds is 9. The summed E-state index contributed by atoms with van der Waals surface area (Å²) in [5.41, 5.74) is 0.738. The zero-order valence-electron chi connectivity index (χ0n) is 16.8. The van der Waals surface area contributed by atoms with Crippen molar-refractivity contribution >= 4 is 11.9 Å². The Balaban J connectivity index is 1.45. The highest BCUT2D eigenvalue weighted by Gasteiger charge is 2.40. The van der Waals surface area contributed by atoms with Crippen LogP contribution in [0.25, 0.3) is 0 Å². The van der Waals surface area contributed by atoms with Crippen LogP contribution < -0.4 is 19.5 Å². The molecule has 7 nitrogen and oxygen atoms in total. The van der Waals surface area contributed by atoms with Gasteiger partial charge in [0.1, 0.15) is 5.75 Å². The number of esters is 1. The lowest BCUT2D eigenvalue weighted by Gasteiger charge is -2.20. The Labute approximate surface area is 165 Å². The second kappa shape index (κ2) is 9.17. The number of benzene rings is 1. The monoisotopic (exact) mass is 391 g/mol. The molecule has 1 aromatic rings. The van der Waals surface area contributed by atoms with E-state index < -0.39 is 0 Å². The first-order chi connectivity index (χ1) is 13.5. The largest absolute Gasteiger partial charge is 0.496 e. The fourth-order valence-corrected chi connectivity index (χ4v) is 4.52. The van der Waals surface area contributed by atoms with Crippen LogP contribution in [-0.4, -0.2) is 39.8 Å². The van der Waals surface area contributed by atoms with Gasteiger partial charge in [-0.05, 0) is 43.1 Å². The molecular formula is C21H29NO6. The second-order valence-electron chi connectivity index (χ2n) is 7.60. The summed E-state index contributed by atoms with van der Waals surface area (Å²) in [4.78, 5) is 24.1. The summed E-state index contributed by atoms with van der Waals surface area (Å²) in [5.74, 6) is 2.94. The molecule has 0 spiro atoms. The summed E-state index contributed by atoms with van der Waals surface area (Å²) >= 11 is 0. The minimum Gasteiger partial charge on any atom is -0.496 e. The first kappa shape index (κ1) is 20.3. The number of carbonyl (C=O) groups excluding carboxylic acids is 2. The standard InChI is InChI=1S/C21H29NO6/c1-25-17-10-19(27-3)18(26-2)8-16(17)11-22-20(23)12-28-21(24)9-15-7-13-4-5-14(15)6-13/h8,10,13-15H,4-7,9,11-12H2,1-3H3,(H,22,23)/t13-,14-,15-/m1/s1. The Hall–Kier alpha value is -2.44. The molecule has 2 fully saturated rings. The van der Waals surface area contributed by atoms with Crippen LogP contribution in [0.15, 0.2) is 12.1 Å². The van der Waals surface area contributed by atoms with Crippen LogP contribution in [0.1, 0.15) is 37.7 Å². The van der Waals surface area contributed by atoms with Crippen molar-refractivity contribution in [2.24, 2.45) is 17.8 Å². The van der Waals surface area contributed by atoms with Gasteiger partial charge in [0.2, 0.25) is 0 Å². The highest BCUT2D eigenvalue weighted by molar-refractivity contribution is 5.80. The molecule has 7 heteroatoms. The lowest BCUT2D eigenvalue weighted by atomic mass is 9.86. The van der Waals surface area contributed by atoms with Crippen LogP contribution in [0.3, 0.4) is 0 Å². The van der Waals surface area contributed by atoms with E-state index in [4.69, 9.17) is 18.9 Å². The highest BCUT2D eigenvalue weighted by Crippen LogP contribution is 2.49. The van der Waals surface area contributed by atoms with E-state index in [0.29, 0.717) is 35.5 Å². The van der Waals surface area contributed by atoms with Gasteiger partial charge < -0.3 is 24.3 Å². The summed E-state index contributed by atoms with van der Waals surface area (Å²) in [6.07, 6.45) is 5.35. The molecule has 2 aliphatic carbocycles. The van der Waals surface area contributed by atoms with Crippen LogP contribution in [0.5, 0.6) is 17.2 Å². The number of carbonyl (C=O) groups is 2. The van der Waals surface area contributed by atoms with Crippen LogP contribution >= 0.6 is 0 Å². The molecule has 2 aliphatic rings. The molecule has 1 amide bonds. The summed E-state index contributed by atoms with van der Waals surface area (Å²) in [6.45, 7) is -0.0401. The number of hydrogen-bond donors (Lipinski definition) is 1. The molecule has 3 atom stereocenters. The summed E-state index contributed by atoms with van der Waals surface area (Å²) in [7, 11) is 4.64. The summed E-state index contributed by atoms with van der Waals surface area (Å²) in [5, 5.41) is 2.75. The molecule has 0 radical (unpaired) electrons. The third-order valence-corrected chi connectivity index (χ3v) is 5.94. The molecule has 0 unspecified atom stereocenters. The van der Waals surface area contributed by atoms with E-state index >= 15 is 0 Å². The van der Waals surface area contributed by atoms with Crippen molar-refractivity contribution in [2.75, 3.05) is 27.9 Å². The number of hydrogen-bond acceptors (Lipinski definition) is 6. The van der Waals surface area contributed by atoms with Gasteiger partial charge in [-0.25, -0.2) is 0 Å². The molecular weight excluding hydrogens is 362 g/mol. The van der Waals surface area contributed by atoms with Gasteiger partial charge in [0, 0.05) is 24.6 Å². The zero-order chi connectivity index (χ0) is 20.1. The molecule has 2 saturated carbocycles. The predicted molar refractivity (Wildman–Crippen MR) is 102 cm³/mol. The van der Waals surface area contributed by atoms with Crippen molar-refractivity contribution in [1.29, 1.82) is 0 Å². The molecule has 1 aromatic carbocycles. The highest BCUT2D eigenvalue weighted by atomic mass is 16.5. The van der Waals surface area contributed by atoms with Crippen molar-refractivity contribution in [1.82, 2.24) is 5.32 Å². The van der Waals surface area contributed by atoms with Crippen molar-refractivity contribution in [2.45, 2.75) is 38.6 Å². The van der Waals surface area contributed by atoms with E-state index in [1.54, 1.807) is 33.5 Å². The zero-order valence-corrected chi connectivity index (χ0v) is 16.8. The molecule has 28 heavy (non-hydrogen) atoms. The second-order valence-corrected chi connectivity index (χ2v) is 7.60. The molecule has 0 aliphatic heterocycles. The minimum atomic E-state index is -0.349. The molecule has 3 rings (SSSR count). The maximum absolute atomic E-state index is 12.1. The van der Waals surface area contributed by atoms with E-state index in [1.165, 1.54) is 19.3 Å². The lowest BCUT2D eigenvalue weighted by Crippen LogP contribution is -2.29.